The number of allylic oxidation sites excluding steroid dienone is 1. The van der Waals surface area contributed by atoms with E-state index in [1.807, 2.05) is 76.2 Å². The number of anilines is 1. The number of benzene rings is 3. The van der Waals surface area contributed by atoms with Crippen LogP contribution >= 0.6 is 0 Å². The first-order valence-corrected chi connectivity index (χ1v) is 11.8. The molecule has 0 radical (unpaired) electrons. The lowest BCUT2D eigenvalue weighted by atomic mass is 9.96. The number of fused-ring (bicyclic) bond motifs is 1. The quantitative estimate of drug-likeness (QED) is 0.268. The molecule has 0 atom stereocenters. The van der Waals surface area contributed by atoms with Crippen LogP contribution in [-0.2, 0) is 4.79 Å². The third kappa shape index (κ3) is 4.80. The van der Waals surface area contributed by atoms with E-state index in [9.17, 15) is 4.79 Å². The van der Waals surface area contributed by atoms with Gasteiger partial charge in [-0.1, -0.05) is 18.2 Å². The molecular formula is C30H31NO5. The smallest absolute Gasteiger partial charge is 0.248 e. The number of amides is 1. The van der Waals surface area contributed by atoms with E-state index >= 15 is 0 Å². The molecule has 186 valence electrons. The highest BCUT2D eigenvalue weighted by molar-refractivity contribution is 6.06. The maximum absolute atomic E-state index is 12.9. The van der Waals surface area contributed by atoms with Crippen LogP contribution < -0.4 is 19.5 Å². The largest absolute Gasteiger partial charge is 0.497 e. The Labute approximate surface area is 211 Å². The Morgan fingerprint density at radius 1 is 1.03 bits per heavy atom. The third-order valence-electron chi connectivity index (χ3n) is 6.20. The lowest BCUT2D eigenvalue weighted by Gasteiger charge is -2.15. The van der Waals surface area contributed by atoms with E-state index in [1.165, 1.54) is 0 Å². The number of furan rings is 1. The van der Waals surface area contributed by atoms with Gasteiger partial charge in [0.15, 0.2) is 0 Å². The molecule has 1 N–H and O–H groups in total. The van der Waals surface area contributed by atoms with Crippen molar-refractivity contribution in [1.29, 1.82) is 0 Å². The molecule has 0 bridgehead atoms. The fraction of sp³-hybridized carbons (Fsp3) is 0.233. The molecule has 0 saturated carbocycles. The average Bonchev–Trinajstić information content (AvgIpc) is 3.30. The SMILES string of the molecule is CCOc1c(/C(C)=C/C(=O)Nc2ccccc2C)cc2c(-c3cc(OC)ccc3OC)coc2c1C. The highest BCUT2D eigenvalue weighted by atomic mass is 16.5. The van der Waals surface area contributed by atoms with E-state index in [0.717, 1.165) is 50.0 Å². The maximum atomic E-state index is 12.9. The summed E-state index contributed by atoms with van der Waals surface area (Å²) in [6, 6.07) is 15.4. The van der Waals surface area contributed by atoms with Gasteiger partial charge >= 0.3 is 0 Å². The van der Waals surface area contributed by atoms with Crippen molar-refractivity contribution in [3.8, 4) is 28.4 Å². The number of carbonyl (C=O) groups is 1. The van der Waals surface area contributed by atoms with Crippen LogP contribution in [-0.4, -0.2) is 26.7 Å². The van der Waals surface area contributed by atoms with Crippen molar-refractivity contribution in [2.75, 3.05) is 26.1 Å². The zero-order valence-corrected chi connectivity index (χ0v) is 21.5. The second-order valence-corrected chi connectivity index (χ2v) is 8.54. The van der Waals surface area contributed by atoms with E-state index in [2.05, 4.69) is 5.32 Å². The van der Waals surface area contributed by atoms with E-state index in [4.69, 9.17) is 18.6 Å². The topological polar surface area (TPSA) is 69.9 Å². The normalized spacial score (nSPS) is 11.4. The number of methoxy groups -OCH3 is 2. The first kappa shape index (κ1) is 24.9. The minimum Gasteiger partial charge on any atom is -0.497 e. The van der Waals surface area contributed by atoms with Crippen LogP contribution in [0.3, 0.4) is 0 Å². The van der Waals surface area contributed by atoms with Gasteiger partial charge in [-0.25, -0.2) is 0 Å². The molecule has 36 heavy (non-hydrogen) atoms. The number of nitrogens with one attached hydrogen (secondary N) is 1. The first-order valence-electron chi connectivity index (χ1n) is 11.8. The molecule has 6 nitrogen and oxygen atoms in total. The molecular weight excluding hydrogens is 454 g/mol. The lowest BCUT2D eigenvalue weighted by molar-refractivity contribution is -0.111. The zero-order valence-electron chi connectivity index (χ0n) is 21.5. The first-order chi connectivity index (χ1) is 17.4. The van der Waals surface area contributed by atoms with Crippen LogP contribution in [0.4, 0.5) is 5.69 Å². The summed E-state index contributed by atoms with van der Waals surface area (Å²) in [6.07, 6.45) is 3.32. The molecule has 1 aromatic heterocycles. The van der Waals surface area contributed by atoms with Crippen LogP contribution in [0.2, 0.25) is 0 Å². The Balaban J connectivity index is 1.84. The highest BCUT2D eigenvalue weighted by Gasteiger charge is 2.21. The number of rotatable bonds is 8. The van der Waals surface area contributed by atoms with Crippen LogP contribution in [0.5, 0.6) is 17.2 Å². The summed E-state index contributed by atoms with van der Waals surface area (Å²) >= 11 is 0. The van der Waals surface area contributed by atoms with Gasteiger partial charge in [-0.15, -0.1) is 0 Å². The van der Waals surface area contributed by atoms with Crippen molar-refractivity contribution in [3.63, 3.8) is 0 Å². The Hall–Kier alpha value is -4.19. The van der Waals surface area contributed by atoms with Crippen LogP contribution in [0, 0.1) is 13.8 Å². The molecule has 0 aliphatic rings. The number of para-hydroxylation sites is 1. The summed E-state index contributed by atoms with van der Waals surface area (Å²) in [4.78, 5) is 12.9. The minimum absolute atomic E-state index is 0.205. The number of hydrogen-bond donors (Lipinski definition) is 1. The Morgan fingerprint density at radius 3 is 2.50 bits per heavy atom. The van der Waals surface area contributed by atoms with Crippen molar-refractivity contribution in [2.24, 2.45) is 0 Å². The molecule has 4 aromatic rings. The lowest BCUT2D eigenvalue weighted by Crippen LogP contribution is -2.10. The minimum atomic E-state index is -0.205. The number of hydrogen-bond acceptors (Lipinski definition) is 5. The summed E-state index contributed by atoms with van der Waals surface area (Å²) < 4.78 is 23.1. The second kappa shape index (κ2) is 10.6. The monoisotopic (exact) mass is 485 g/mol. The molecule has 0 aliphatic carbocycles. The Bertz CT molecular complexity index is 1450. The van der Waals surface area contributed by atoms with Crippen molar-refractivity contribution in [2.45, 2.75) is 27.7 Å². The molecule has 4 rings (SSSR count). The maximum Gasteiger partial charge on any atom is 0.248 e. The van der Waals surface area contributed by atoms with Gasteiger partial charge in [-0.2, -0.15) is 0 Å². The average molecular weight is 486 g/mol. The third-order valence-corrected chi connectivity index (χ3v) is 6.20. The summed E-state index contributed by atoms with van der Waals surface area (Å²) in [7, 11) is 3.27. The van der Waals surface area contributed by atoms with Gasteiger partial charge in [0.25, 0.3) is 0 Å². The van der Waals surface area contributed by atoms with Crippen molar-refractivity contribution in [1.82, 2.24) is 0 Å². The number of ether oxygens (including phenoxy) is 3. The summed E-state index contributed by atoms with van der Waals surface area (Å²) in [5, 5.41) is 3.86. The van der Waals surface area contributed by atoms with Crippen molar-refractivity contribution < 1.29 is 23.4 Å². The predicted molar refractivity (Wildman–Crippen MR) is 144 cm³/mol. The fourth-order valence-electron chi connectivity index (χ4n) is 4.33. The van der Waals surface area contributed by atoms with Gasteiger partial charge in [0.1, 0.15) is 22.8 Å². The molecule has 1 amide bonds. The predicted octanol–water partition coefficient (Wildman–Crippen LogP) is 7.17. The van der Waals surface area contributed by atoms with Crippen LogP contribution in [0.1, 0.15) is 30.5 Å². The zero-order chi connectivity index (χ0) is 25.8. The van der Waals surface area contributed by atoms with Crippen molar-refractivity contribution in [3.05, 3.63) is 77.6 Å². The number of carbonyl (C=O) groups excluding carboxylic acids is 1. The van der Waals surface area contributed by atoms with Gasteiger partial charge in [0, 0.05) is 39.4 Å². The van der Waals surface area contributed by atoms with E-state index in [1.54, 1.807) is 26.6 Å². The fourth-order valence-corrected chi connectivity index (χ4v) is 4.33. The molecule has 0 fully saturated rings. The molecule has 6 heteroatoms. The Kier molecular flexibility index (Phi) is 7.34. The standard InChI is InChI=1S/C30H31NO5/c1-7-35-29-20(4)30-24(25(17-36-30)23-15-21(33-5)12-13-27(23)34-6)16-22(29)19(3)14-28(32)31-26-11-9-8-10-18(26)2/h8-17H,7H2,1-6H3,(H,31,32)/b19-14+. The van der Waals surface area contributed by atoms with Crippen molar-refractivity contribution >= 4 is 28.1 Å². The van der Waals surface area contributed by atoms with Gasteiger partial charge in [-0.05, 0) is 69.2 Å². The van der Waals surface area contributed by atoms with Gasteiger partial charge < -0.3 is 23.9 Å². The summed E-state index contributed by atoms with van der Waals surface area (Å²) in [5.41, 5.74) is 6.69. The molecule has 1 heterocycles. The number of aryl methyl sites for hydroxylation is 2. The second-order valence-electron chi connectivity index (χ2n) is 8.54. The molecule has 3 aromatic carbocycles. The van der Waals surface area contributed by atoms with Crippen LogP contribution in [0.25, 0.3) is 27.7 Å². The van der Waals surface area contributed by atoms with Gasteiger partial charge in [0.2, 0.25) is 5.91 Å². The molecule has 0 spiro atoms. The van der Waals surface area contributed by atoms with E-state index in [-0.39, 0.29) is 5.91 Å². The summed E-state index contributed by atoms with van der Waals surface area (Å²) in [5.74, 6) is 1.91. The highest BCUT2D eigenvalue weighted by Crippen LogP contribution is 2.43. The molecule has 0 saturated heterocycles. The van der Waals surface area contributed by atoms with Gasteiger partial charge in [0.05, 0.1) is 27.1 Å². The molecule has 0 unspecified atom stereocenters. The van der Waals surface area contributed by atoms with E-state index < -0.39 is 0 Å². The molecule has 0 aliphatic heterocycles. The summed E-state index contributed by atoms with van der Waals surface area (Å²) in [6.45, 7) is 8.26. The van der Waals surface area contributed by atoms with Gasteiger partial charge in [-0.3, -0.25) is 4.79 Å². The van der Waals surface area contributed by atoms with E-state index in [0.29, 0.717) is 23.9 Å². The Morgan fingerprint density at radius 2 is 1.81 bits per heavy atom. The van der Waals surface area contributed by atoms with Crippen LogP contribution in [0.15, 0.2) is 65.3 Å².